The summed E-state index contributed by atoms with van der Waals surface area (Å²) >= 11 is 5.42. The van der Waals surface area contributed by atoms with E-state index in [1.807, 2.05) is 24.3 Å². The number of rotatable bonds is 5. The van der Waals surface area contributed by atoms with Crippen LogP contribution in [0.1, 0.15) is 42.3 Å². The van der Waals surface area contributed by atoms with Gasteiger partial charge in [-0.1, -0.05) is 56.3 Å². The Morgan fingerprint density at radius 3 is 2.43 bits per heavy atom. The molecule has 0 aliphatic heterocycles. The van der Waals surface area contributed by atoms with E-state index in [9.17, 15) is 9.59 Å². The lowest BCUT2D eigenvalue weighted by Gasteiger charge is -2.32. The monoisotopic (exact) mass is 422 g/mol. The Labute approximate surface area is 182 Å². The number of hydrogen-bond donors (Lipinski definition) is 2. The predicted molar refractivity (Wildman–Crippen MR) is 122 cm³/mol. The largest absolute Gasteiger partial charge is 0.463 e. The van der Waals surface area contributed by atoms with Gasteiger partial charge >= 0.3 is 5.97 Å². The van der Waals surface area contributed by atoms with Crippen LogP contribution in [0.15, 0.2) is 60.2 Å². The molecule has 1 aliphatic carbocycles. The van der Waals surface area contributed by atoms with Gasteiger partial charge < -0.3 is 10.1 Å². The van der Waals surface area contributed by atoms with Gasteiger partial charge in [0.1, 0.15) is 0 Å². The number of nitrogens with one attached hydrogen (secondary N) is 2. The number of carbonyl (C=O) groups is 2. The van der Waals surface area contributed by atoms with Gasteiger partial charge in [0, 0.05) is 11.1 Å². The third-order valence-electron chi connectivity index (χ3n) is 5.17. The average molecular weight is 423 g/mol. The molecule has 3 rings (SSSR count). The maximum atomic E-state index is 12.9. The fourth-order valence-electron chi connectivity index (χ4n) is 3.69. The highest BCUT2D eigenvalue weighted by Crippen LogP contribution is 2.37. The van der Waals surface area contributed by atoms with Crippen molar-refractivity contribution in [3.8, 4) is 0 Å². The van der Waals surface area contributed by atoms with E-state index in [0.29, 0.717) is 16.8 Å². The Morgan fingerprint density at radius 1 is 1.10 bits per heavy atom. The predicted octanol–water partition coefficient (Wildman–Crippen LogP) is 4.09. The number of ether oxygens (including phenoxy) is 1. The summed E-state index contributed by atoms with van der Waals surface area (Å²) in [5.74, 6) is -0.461. The number of benzene rings is 2. The molecule has 0 heterocycles. The van der Waals surface area contributed by atoms with Gasteiger partial charge in [-0.05, 0) is 55.1 Å². The molecule has 5 nitrogen and oxygen atoms in total. The molecule has 1 amide bonds. The van der Waals surface area contributed by atoms with Gasteiger partial charge in [0.25, 0.3) is 5.91 Å². The molecule has 0 aromatic heterocycles. The number of esters is 1. The number of thiocarbonyl (C=S) groups is 1. The Hall–Kier alpha value is -2.99. The van der Waals surface area contributed by atoms with Gasteiger partial charge in [-0.15, -0.1) is 0 Å². The van der Waals surface area contributed by atoms with Crippen molar-refractivity contribution in [3.63, 3.8) is 0 Å². The van der Waals surface area contributed by atoms with Crippen molar-refractivity contribution < 1.29 is 14.3 Å². The second kappa shape index (κ2) is 9.67. The molecule has 0 saturated carbocycles. The van der Waals surface area contributed by atoms with E-state index < -0.39 is 0 Å². The molecule has 0 bridgehead atoms. The van der Waals surface area contributed by atoms with Crippen LogP contribution in [0.3, 0.4) is 0 Å². The van der Waals surface area contributed by atoms with Gasteiger partial charge in [0.05, 0.1) is 17.9 Å². The summed E-state index contributed by atoms with van der Waals surface area (Å²) in [6.45, 7) is 6.25. The lowest BCUT2D eigenvalue weighted by Crippen LogP contribution is -2.41. The zero-order chi connectivity index (χ0) is 21.7. The normalized spacial score (nSPS) is 15.4. The Bertz CT molecular complexity index is 983. The zero-order valence-corrected chi connectivity index (χ0v) is 18.2. The van der Waals surface area contributed by atoms with E-state index in [2.05, 4.69) is 30.5 Å². The average Bonchev–Trinajstić information content (AvgIpc) is 2.74. The summed E-state index contributed by atoms with van der Waals surface area (Å²) in [7, 11) is 0. The van der Waals surface area contributed by atoms with Gasteiger partial charge in [-0.3, -0.25) is 10.1 Å². The molecule has 1 atom stereocenters. The molecule has 0 radical (unpaired) electrons. The summed E-state index contributed by atoms with van der Waals surface area (Å²) < 4.78 is 5.37. The standard InChI is InChI=1S/C24H26N2O3S/c1-4-29-23(28)20-19(15(2)3)14-17-12-8-9-13-18(17)21(20)25-24(30)26-22(27)16-10-6-5-7-11-16/h5-13,15,19H,4,14H2,1-3H3,(H2,25,26,27,30)/t19-/m1/s1. The van der Waals surface area contributed by atoms with Gasteiger partial charge in [0.15, 0.2) is 5.11 Å². The van der Waals surface area contributed by atoms with Crippen LogP contribution in [0.4, 0.5) is 0 Å². The molecule has 0 fully saturated rings. The number of amides is 1. The van der Waals surface area contributed by atoms with E-state index in [-0.39, 0.29) is 35.4 Å². The first-order chi connectivity index (χ1) is 14.4. The summed E-state index contributed by atoms with van der Waals surface area (Å²) in [5, 5.41) is 5.97. The minimum atomic E-state index is -0.356. The molecule has 30 heavy (non-hydrogen) atoms. The molecule has 0 unspecified atom stereocenters. The van der Waals surface area contributed by atoms with Crippen molar-refractivity contribution in [2.75, 3.05) is 6.61 Å². The van der Waals surface area contributed by atoms with E-state index in [4.69, 9.17) is 17.0 Å². The Balaban J connectivity index is 1.97. The summed E-state index contributed by atoms with van der Waals surface area (Å²) in [6, 6.07) is 16.8. The van der Waals surface area contributed by atoms with Crippen LogP contribution < -0.4 is 10.6 Å². The highest BCUT2D eigenvalue weighted by molar-refractivity contribution is 7.80. The fourth-order valence-corrected chi connectivity index (χ4v) is 3.88. The highest BCUT2D eigenvalue weighted by Gasteiger charge is 2.34. The first-order valence-corrected chi connectivity index (χ1v) is 10.5. The van der Waals surface area contributed by atoms with Crippen LogP contribution >= 0.6 is 12.2 Å². The lowest BCUT2D eigenvalue weighted by atomic mass is 9.76. The van der Waals surface area contributed by atoms with E-state index in [0.717, 1.165) is 17.5 Å². The molecule has 2 aromatic rings. The van der Waals surface area contributed by atoms with Crippen molar-refractivity contribution >= 4 is 34.9 Å². The molecule has 0 saturated heterocycles. The van der Waals surface area contributed by atoms with Crippen molar-refractivity contribution in [1.29, 1.82) is 0 Å². The fraction of sp³-hybridized carbons (Fsp3) is 0.292. The maximum absolute atomic E-state index is 12.9. The van der Waals surface area contributed by atoms with Crippen molar-refractivity contribution in [3.05, 3.63) is 76.9 Å². The molecule has 2 aromatic carbocycles. The van der Waals surface area contributed by atoms with Crippen LogP contribution in [0.5, 0.6) is 0 Å². The highest BCUT2D eigenvalue weighted by atomic mass is 32.1. The molecular weight excluding hydrogens is 396 g/mol. The number of carbonyl (C=O) groups excluding carboxylic acids is 2. The molecule has 1 aliphatic rings. The zero-order valence-electron chi connectivity index (χ0n) is 17.4. The van der Waals surface area contributed by atoms with Gasteiger partial charge in [0.2, 0.25) is 0 Å². The maximum Gasteiger partial charge on any atom is 0.336 e. The SMILES string of the molecule is CCOC(=O)C1=C(NC(=S)NC(=O)c2ccccc2)c2ccccc2C[C@@H]1C(C)C. The molecular formula is C24H26N2O3S. The first kappa shape index (κ1) is 21.7. The van der Waals surface area contributed by atoms with Crippen molar-refractivity contribution in [2.45, 2.75) is 27.2 Å². The van der Waals surface area contributed by atoms with Crippen molar-refractivity contribution in [1.82, 2.24) is 10.6 Å². The third-order valence-corrected chi connectivity index (χ3v) is 5.37. The van der Waals surface area contributed by atoms with E-state index >= 15 is 0 Å². The minimum absolute atomic E-state index is 0.0194. The van der Waals surface area contributed by atoms with Crippen LogP contribution in [-0.2, 0) is 16.0 Å². The van der Waals surface area contributed by atoms with E-state index in [1.54, 1.807) is 31.2 Å². The second-order valence-corrected chi connectivity index (χ2v) is 7.90. The smallest absolute Gasteiger partial charge is 0.336 e. The number of hydrogen-bond acceptors (Lipinski definition) is 4. The topological polar surface area (TPSA) is 67.4 Å². The minimum Gasteiger partial charge on any atom is -0.463 e. The van der Waals surface area contributed by atoms with Crippen LogP contribution in [0, 0.1) is 11.8 Å². The van der Waals surface area contributed by atoms with Crippen LogP contribution in [0.2, 0.25) is 0 Å². The molecule has 0 spiro atoms. The quantitative estimate of drug-likeness (QED) is 0.561. The number of fused-ring (bicyclic) bond motifs is 1. The Kier molecular flexibility index (Phi) is 7.00. The van der Waals surface area contributed by atoms with Crippen LogP contribution in [-0.4, -0.2) is 23.6 Å². The van der Waals surface area contributed by atoms with Crippen molar-refractivity contribution in [2.24, 2.45) is 11.8 Å². The summed E-state index contributed by atoms with van der Waals surface area (Å²) in [4.78, 5) is 25.4. The second-order valence-electron chi connectivity index (χ2n) is 7.50. The van der Waals surface area contributed by atoms with E-state index in [1.165, 1.54) is 0 Å². The lowest BCUT2D eigenvalue weighted by molar-refractivity contribution is -0.139. The first-order valence-electron chi connectivity index (χ1n) is 10.1. The summed E-state index contributed by atoms with van der Waals surface area (Å²) in [6.07, 6.45) is 0.746. The molecule has 2 N–H and O–H groups in total. The van der Waals surface area contributed by atoms with Gasteiger partial charge in [-0.25, -0.2) is 4.79 Å². The molecule has 6 heteroatoms. The van der Waals surface area contributed by atoms with Crippen LogP contribution in [0.25, 0.3) is 5.70 Å². The molecule has 156 valence electrons. The summed E-state index contributed by atoms with van der Waals surface area (Å²) in [5.41, 5.74) is 3.71. The third kappa shape index (κ3) is 4.76. The Morgan fingerprint density at radius 2 is 1.77 bits per heavy atom. The van der Waals surface area contributed by atoms with Gasteiger partial charge in [-0.2, -0.15) is 0 Å².